The lowest BCUT2D eigenvalue weighted by atomic mass is 9.99. The Labute approximate surface area is 124 Å². The van der Waals surface area contributed by atoms with E-state index in [2.05, 4.69) is 29.0 Å². The van der Waals surface area contributed by atoms with E-state index >= 15 is 0 Å². The second-order valence-corrected chi connectivity index (χ2v) is 6.47. The van der Waals surface area contributed by atoms with Gasteiger partial charge in [0.1, 0.15) is 0 Å². The van der Waals surface area contributed by atoms with Crippen molar-refractivity contribution in [2.75, 3.05) is 32.1 Å². The van der Waals surface area contributed by atoms with Crippen LogP contribution >= 0.6 is 11.3 Å². The SMILES string of the molecule is CCCNc1ncc(CN2CC(C)C(C(=O)OC)C2)s1. The third kappa shape index (κ3) is 3.70. The summed E-state index contributed by atoms with van der Waals surface area (Å²) in [5.74, 6) is 0.272. The van der Waals surface area contributed by atoms with Crippen molar-refractivity contribution in [3.8, 4) is 0 Å². The van der Waals surface area contributed by atoms with Crippen LogP contribution in [-0.4, -0.2) is 42.6 Å². The number of anilines is 1. The third-order valence-electron chi connectivity index (χ3n) is 3.65. The minimum Gasteiger partial charge on any atom is -0.469 e. The Morgan fingerprint density at radius 2 is 2.40 bits per heavy atom. The molecule has 2 rings (SSSR count). The number of thiazole rings is 1. The Bertz CT molecular complexity index is 449. The number of nitrogens with one attached hydrogen (secondary N) is 1. The number of carbonyl (C=O) groups is 1. The molecule has 1 fully saturated rings. The zero-order valence-electron chi connectivity index (χ0n) is 12.4. The third-order valence-corrected chi connectivity index (χ3v) is 4.59. The quantitative estimate of drug-likeness (QED) is 0.816. The van der Waals surface area contributed by atoms with Gasteiger partial charge in [-0.25, -0.2) is 4.98 Å². The van der Waals surface area contributed by atoms with Gasteiger partial charge in [0.05, 0.1) is 13.0 Å². The summed E-state index contributed by atoms with van der Waals surface area (Å²) in [6, 6.07) is 0. The van der Waals surface area contributed by atoms with Crippen molar-refractivity contribution in [2.24, 2.45) is 11.8 Å². The maximum Gasteiger partial charge on any atom is 0.310 e. The van der Waals surface area contributed by atoms with Crippen LogP contribution in [0.4, 0.5) is 5.13 Å². The van der Waals surface area contributed by atoms with Crippen LogP contribution in [0.1, 0.15) is 25.1 Å². The molecule has 2 atom stereocenters. The molecule has 0 radical (unpaired) electrons. The van der Waals surface area contributed by atoms with Crippen LogP contribution in [0.25, 0.3) is 0 Å². The average Bonchev–Trinajstić information content (AvgIpc) is 3.03. The molecule has 20 heavy (non-hydrogen) atoms. The number of hydrogen-bond acceptors (Lipinski definition) is 6. The largest absolute Gasteiger partial charge is 0.469 e. The van der Waals surface area contributed by atoms with E-state index in [0.717, 1.165) is 37.7 Å². The second kappa shape index (κ2) is 7.04. The fraction of sp³-hybridized carbons (Fsp3) is 0.714. The van der Waals surface area contributed by atoms with E-state index in [4.69, 9.17) is 4.74 Å². The van der Waals surface area contributed by atoms with E-state index in [-0.39, 0.29) is 11.9 Å². The van der Waals surface area contributed by atoms with Gasteiger partial charge in [-0.05, 0) is 12.3 Å². The first-order chi connectivity index (χ1) is 9.63. The van der Waals surface area contributed by atoms with E-state index in [1.54, 1.807) is 11.3 Å². The first kappa shape index (κ1) is 15.3. The summed E-state index contributed by atoms with van der Waals surface area (Å²) in [4.78, 5) is 19.6. The highest BCUT2D eigenvalue weighted by atomic mass is 32.1. The first-order valence-electron chi connectivity index (χ1n) is 7.12. The zero-order chi connectivity index (χ0) is 14.5. The van der Waals surface area contributed by atoms with Gasteiger partial charge in [0.25, 0.3) is 0 Å². The van der Waals surface area contributed by atoms with Gasteiger partial charge in [0.15, 0.2) is 5.13 Å². The molecule has 2 heterocycles. The molecule has 5 nitrogen and oxygen atoms in total. The molecule has 0 aliphatic carbocycles. The lowest BCUT2D eigenvalue weighted by Gasteiger charge is -2.13. The highest BCUT2D eigenvalue weighted by Crippen LogP contribution is 2.27. The fourth-order valence-electron chi connectivity index (χ4n) is 2.57. The minimum absolute atomic E-state index is 0.00519. The van der Waals surface area contributed by atoms with Gasteiger partial charge >= 0.3 is 5.97 Å². The van der Waals surface area contributed by atoms with Crippen molar-refractivity contribution >= 4 is 22.4 Å². The summed E-state index contributed by atoms with van der Waals surface area (Å²) in [7, 11) is 1.46. The number of rotatable bonds is 6. The van der Waals surface area contributed by atoms with Gasteiger partial charge < -0.3 is 10.1 Å². The highest BCUT2D eigenvalue weighted by molar-refractivity contribution is 7.15. The van der Waals surface area contributed by atoms with E-state index in [1.807, 2.05) is 6.20 Å². The zero-order valence-corrected chi connectivity index (χ0v) is 13.2. The molecule has 1 aromatic heterocycles. The van der Waals surface area contributed by atoms with E-state index in [0.29, 0.717) is 5.92 Å². The number of carbonyl (C=O) groups excluding carboxylic acids is 1. The number of hydrogen-bond donors (Lipinski definition) is 1. The predicted molar refractivity (Wildman–Crippen MR) is 80.8 cm³/mol. The summed E-state index contributed by atoms with van der Waals surface area (Å²) in [6.45, 7) is 7.79. The van der Waals surface area contributed by atoms with Crippen molar-refractivity contribution in [3.63, 3.8) is 0 Å². The topological polar surface area (TPSA) is 54.5 Å². The Balaban J connectivity index is 1.88. The molecule has 0 spiro atoms. The van der Waals surface area contributed by atoms with Crippen molar-refractivity contribution < 1.29 is 9.53 Å². The van der Waals surface area contributed by atoms with Crippen molar-refractivity contribution in [1.29, 1.82) is 0 Å². The fourth-order valence-corrected chi connectivity index (χ4v) is 3.45. The number of aromatic nitrogens is 1. The van der Waals surface area contributed by atoms with Crippen LogP contribution in [0.2, 0.25) is 0 Å². The molecule has 0 saturated carbocycles. The standard InChI is InChI=1S/C14H23N3O2S/c1-4-5-15-14-16-6-11(20-14)8-17-7-10(2)12(9-17)13(18)19-3/h6,10,12H,4-5,7-9H2,1-3H3,(H,15,16). The molecule has 0 bridgehead atoms. The van der Waals surface area contributed by atoms with Gasteiger partial charge in [-0.3, -0.25) is 9.69 Å². The Hall–Kier alpha value is -1.14. The predicted octanol–water partition coefficient (Wildman–Crippen LogP) is 2.21. The van der Waals surface area contributed by atoms with Crippen molar-refractivity contribution in [1.82, 2.24) is 9.88 Å². The number of nitrogens with zero attached hydrogens (tertiary/aromatic N) is 2. The van der Waals surface area contributed by atoms with Crippen LogP contribution in [0.5, 0.6) is 0 Å². The highest BCUT2D eigenvalue weighted by Gasteiger charge is 2.35. The number of esters is 1. The van der Waals surface area contributed by atoms with Crippen LogP contribution in [-0.2, 0) is 16.1 Å². The summed E-state index contributed by atoms with van der Waals surface area (Å²) in [6.07, 6.45) is 3.03. The molecular formula is C14H23N3O2S. The molecule has 6 heteroatoms. The lowest BCUT2D eigenvalue weighted by Crippen LogP contribution is -2.24. The van der Waals surface area contributed by atoms with Gasteiger partial charge in [0.2, 0.25) is 0 Å². The van der Waals surface area contributed by atoms with Gasteiger partial charge in [-0.1, -0.05) is 13.8 Å². The van der Waals surface area contributed by atoms with Gasteiger partial charge in [-0.2, -0.15) is 0 Å². The van der Waals surface area contributed by atoms with Crippen LogP contribution in [0.15, 0.2) is 6.20 Å². The van der Waals surface area contributed by atoms with Crippen molar-refractivity contribution in [3.05, 3.63) is 11.1 Å². The summed E-state index contributed by atoms with van der Waals surface area (Å²) in [5, 5.41) is 4.28. The minimum atomic E-state index is -0.0883. The summed E-state index contributed by atoms with van der Waals surface area (Å²) in [5.41, 5.74) is 0. The second-order valence-electron chi connectivity index (χ2n) is 5.36. The summed E-state index contributed by atoms with van der Waals surface area (Å²) < 4.78 is 4.87. The number of methoxy groups -OCH3 is 1. The Morgan fingerprint density at radius 3 is 3.10 bits per heavy atom. The number of likely N-dealkylation sites (tertiary alicyclic amines) is 1. The van der Waals surface area contributed by atoms with Crippen LogP contribution < -0.4 is 5.32 Å². The molecule has 1 aliphatic heterocycles. The maximum absolute atomic E-state index is 11.7. The maximum atomic E-state index is 11.7. The molecule has 1 N–H and O–H groups in total. The van der Waals surface area contributed by atoms with Gasteiger partial charge in [0, 0.05) is 37.3 Å². The number of ether oxygens (including phenoxy) is 1. The van der Waals surface area contributed by atoms with E-state index in [9.17, 15) is 4.79 Å². The normalized spacial score (nSPS) is 22.9. The molecular weight excluding hydrogens is 274 g/mol. The molecule has 1 aromatic rings. The summed E-state index contributed by atoms with van der Waals surface area (Å²) >= 11 is 1.70. The monoisotopic (exact) mass is 297 g/mol. The van der Waals surface area contributed by atoms with Crippen LogP contribution in [0.3, 0.4) is 0 Å². The Morgan fingerprint density at radius 1 is 1.60 bits per heavy atom. The van der Waals surface area contributed by atoms with Crippen molar-refractivity contribution in [2.45, 2.75) is 26.8 Å². The smallest absolute Gasteiger partial charge is 0.310 e. The molecule has 2 unspecified atom stereocenters. The average molecular weight is 297 g/mol. The van der Waals surface area contributed by atoms with Gasteiger partial charge in [-0.15, -0.1) is 11.3 Å². The molecule has 1 saturated heterocycles. The van der Waals surface area contributed by atoms with E-state index < -0.39 is 0 Å². The molecule has 1 aliphatic rings. The van der Waals surface area contributed by atoms with Crippen LogP contribution in [0, 0.1) is 11.8 Å². The molecule has 112 valence electrons. The lowest BCUT2D eigenvalue weighted by molar-refractivity contribution is -0.146. The molecule has 0 aromatic carbocycles. The van der Waals surface area contributed by atoms with E-state index in [1.165, 1.54) is 12.0 Å². The Kier molecular flexibility index (Phi) is 5.37. The molecule has 0 amide bonds. The first-order valence-corrected chi connectivity index (χ1v) is 7.94.